The van der Waals surface area contributed by atoms with Gasteiger partial charge in [0.2, 0.25) is 11.8 Å². The number of carbonyl (C=O) groups excluding carboxylic acids is 2. The molecule has 0 spiro atoms. The van der Waals surface area contributed by atoms with Gasteiger partial charge in [0.1, 0.15) is 12.1 Å². The fraction of sp³-hybridized carbons (Fsp3) is 0.136. The molecular weight excluding hydrogens is 354 g/mol. The summed E-state index contributed by atoms with van der Waals surface area (Å²) in [5.41, 5.74) is 3.66. The Morgan fingerprint density at radius 3 is 2.61 bits per heavy atom. The van der Waals surface area contributed by atoms with Crippen LogP contribution in [0.5, 0.6) is 11.6 Å². The van der Waals surface area contributed by atoms with Crippen LogP contribution >= 0.6 is 0 Å². The number of hydrogen-bond acceptors (Lipinski definition) is 4. The average Bonchev–Trinajstić information content (AvgIpc) is 2.76. The van der Waals surface area contributed by atoms with E-state index in [1.165, 1.54) is 4.90 Å². The molecule has 28 heavy (non-hydrogen) atoms. The number of para-hydroxylation sites is 2. The monoisotopic (exact) mass is 373 g/mol. The zero-order valence-corrected chi connectivity index (χ0v) is 15.6. The van der Waals surface area contributed by atoms with Crippen molar-refractivity contribution in [2.45, 2.75) is 13.8 Å². The number of carbonyl (C=O) groups is 2. The van der Waals surface area contributed by atoms with Crippen LogP contribution in [0.15, 0.2) is 60.8 Å². The van der Waals surface area contributed by atoms with E-state index in [9.17, 15) is 9.59 Å². The topological polar surface area (TPSA) is 71.5 Å². The van der Waals surface area contributed by atoms with Crippen LogP contribution in [0.3, 0.4) is 0 Å². The first-order valence-electron chi connectivity index (χ1n) is 8.93. The third kappa shape index (κ3) is 3.44. The molecule has 0 aliphatic carbocycles. The van der Waals surface area contributed by atoms with E-state index >= 15 is 0 Å². The molecule has 1 aromatic heterocycles. The van der Waals surface area contributed by atoms with Gasteiger partial charge < -0.3 is 10.1 Å². The second kappa shape index (κ2) is 7.15. The number of pyridine rings is 1. The minimum absolute atomic E-state index is 0.138. The number of anilines is 2. The lowest BCUT2D eigenvalue weighted by molar-refractivity contribution is -0.114. The molecule has 0 unspecified atom stereocenters. The second-order valence-electron chi connectivity index (χ2n) is 6.74. The van der Waals surface area contributed by atoms with Crippen molar-refractivity contribution in [3.05, 3.63) is 77.5 Å². The van der Waals surface area contributed by atoms with Gasteiger partial charge in [-0.3, -0.25) is 14.5 Å². The number of nitrogens with zero attached hydrogens (tertiary/aromatic N) is 2. The van der Waals surface area contributed by atoms with Crippen molar-refractivity contribution in [3.8, 4) is 11.6 Å². The Balaban J connectivity index is 1.65. The zero-order chi connectivity index (χ0) is 19.7. The minimum atomic E-state index is -0.330. The fourth-order valence-corrected chi connectivity index (χ4v) is 3.31. The van der Waals surface area contributed by atoms with Gasteiger partial charge in [0.05, 0.1) is 5.69 Å². The Morgan fingerprint density at radius 2 is 1.82 bits per heavy atom. The van der Waals surface area contributed by atoms with Crippen LogP contribution in [-0.4, -0.2) is 23.3 Å². The largest absolute Gasteiger partial charge is 0.436 e. The van der Waals surface area contributed by atoms with Gasteiger partial charge in [-0.1, -0.05) is 18.2 Å². The van der Waals surface area contributed by atoms with E-state index in [4.69, 9.17) is 4.74 Å². The molecule has 0 bridgehead atoms. The lowest BCUT2D eigenvalue weighted by Crippen LogP contribution is -2.37. The summed E-state index contributed by atoms with van der Waals surface area (Å²) >= 11 is 0. The van der Waals surface area contributed by atoms with E-state index in [0.717, 1.165) is 11.1 Å². The molecule has 0 saturated heterocycles. The molecular formula is C22H19N3O3. The Kier molecular flexibility index (Phi) is 4.53. The molecule has 0 radical (unpaired) electrons. The molecule has 0 atom stereocenters. The summed E-state index contributed by atoms with van der Waals surface area (Å²) in [4.78, 5) is 31.4. The molecule has 6 nitrogen and oxygen atoms in total. The lowest BCUT2D eigenvalue weighted by atomic mass is 10.1. The Bertz CT molecular complexity index is 1060. The third-order valence-corrected chi connectivity index (χ3v) is 4.42. The van der Waals surface area contributed by atoms with Crippen molar-refractivity contribution >= 4 is 23.2 Å². The fourth-order valence-electron chi connectivity index (χ4n) is 3.31. The number of fused-ring (bicyclic) bond motifs is 2. The normalized spacial score (nSPS) is 12.5. The first kappa shape index (κ1) is 17.7. The van der Waals surface area contributed by atoms with Gasteiger partial charge in [-0.15, -0.1) is 0 Å². The molecule has 2 amide bonds. The van der Waals surface area contributed by atoms with Gasteiger partial charge in [0.15, 0.2) is 5.75 Å². The van der Waals surface area contributed by atoms with Crippen LogP contribution in [0, 0.1) is 13.8 Å². The smallest absolute Gasteiger partial charge is 0.264 e. The predicted molar refractivity (Wildman–Crippen MR) is 107 cm³/mol. The molecule has 6 heteroatoms. The average molecular weight is 373 g/mol. The van der Waals surface area contributed by atoms with Crippen LogP contribution < -0.4 is 15.0 Å². The third-order valence-electron chi connectivity index (χ3n) is 4.42. The molecule has 2 aromatic carbocycles. The first-order valence-corrected chi connectivity index (χ1v) is 8.93. The van der Waals surface area contributed by atoms with Gasteiger partial charge in [-0.05, 0) is 61.4 Å². The van der Waals surface area contributed by atoms with Crippen molar-refractivity contribution in [2.75, 3.05) is 16.8 Å². The van der Waals surface area contributed by atoms with Gasteiger partial charge >= 0.3 is 0 Å². The summed E-state index contributed by atoms with van der Waals surface area (Å²) < 4.78 is 5.83. The first-order chi connectivity index (χ1) is 13.5. The number of rotatable bonds is 3. The van der Waals surface area contributed by atoms with Crippen LogP contribution in [0.4, 0.5) is 11.4 Å². The molecule has 2 heterocycles. The van der Waals surface area contributed by atoms with E-state index in [1.54, 1.807) is 36.5 Å². The maximum Gasteiger partial charge on any atom is 0.264 e. The summed E-state index contributed by atoms with van der Waals surface area (Å²) in [5.74, 6) is 0.0915. The number of benzene rings is 2. The van der Waals surface area contributed by atoms with Crippen molar-refractivity contribution in [1.29, 1.82) is 0 Å². The van der Waals surface area contributed by atoms with Gasteiger partial charge in [-0.25, -0.2) is 4.98 Å². The molecule has 4 rings (SSSR count). The SMILES string of the molecule is Cc1cc(C)cc(NC(=O)CN2C(=O)c3cccnc3Oc3ccccc32)c1. The van der Waals surface area contributed by atoms with Crippen molar-refractivity contribution in [3.63, 3.8) is 0 Å². The van der Waals surface area contributed by atoms with E-state index in [2.05, 4.69) is 10.3 Å². The molecule has 0 fully saturated rings. The number of hydrogen-bond donors (Lipinski definition) is 1. The van der Waals surface area contributed by atoms with E-state index in [1.807, 2.05) is 38.1 Å². The standard InChI is InChI=1S/C22H19N3O3/c1-14-10-15(2)12-16(11-14)24-20(26)13-25-18-7-3-4-8-19(18)28-21-17(22(25)27)6-5-9-23-21/h3-12H,13H2,1-2H3,(H,24,26). The van der Waals surface area contributed by atoms with E-state index in [-0.39, 0.29) is 24.2 Å². The summed E-state index contributed by atoms with van der Waals surface area (Å²) in [7, 11) is 0. The highest BCUT2D eigenvalue weighted by Gasteiger charge is 2.30. The Morgan fingerprint density at radius 1 is 1.07 bits per heavy atom. The van der Waals surface area contributed by atoms with Crippen LogP contribution in [0.25, 0.3) is 0 Å². The highest BCUT2D eigenvalue weighted by atomic mass is 16.5. The predicted octanol–water partition coefficient (Wildman–Crippen LogP) is 4.09. The number of aryl methyl sites for hydroxylation is 2. The maximum absolute atomic E-state index is 13.1. The second-order valence-corrected chi connectivity index (χ2v) is 6.74. The Labute approximate surface area is 162 Å². The highest BCUT2D eigenvalue weighted by Crippen LogP contribution is 2.37. The minimum Gasteiger partial charge on any atom is -0.436 e. The summed E-state index contributed by atoms with van der Waals surface area (Å²) in [6.45, 7) is 3.80. The maximum atomic E-state index is 13.1. The molecule has 0 saturated carbocycles. The zero-order valence-electron chi connectivity index (χ0n) is 15.6. The number of amides is 2. The number of nitrogens with one attached hydrogen (secondary N) is 1. The lowest BCUT2D eigenvalue weighted by Gasteiger charge is -2.21. The van der Waals surface area contributed by atoms with Gasteiger partial charge in [0.25, 0.3) is 5.91 Å². The molecule has 1 aliphatic heterocycles. The number of aromatic nitrogens is 1. The highest BCUT2D eigenvalue weighted by molar-refractivity contribution is 6.12. The van der Waals surface area contributed by atoms with Crippen molar-refractivity contribution < 1.29 is 14.3 Å². The molecule has 140 valence electrons. The van der Waals surface area contributed by atoms with Crippen LogP contribution in [0.2, 0.25) is 0 Å². The van der Waals surface area contributed by atoms with Crippen molar-refractivity contribution in [2.24, 2.45) is 0 Å². The summed E-state index contributed by atoms with van der Waals surface area (Å²) in [5, 5.41) is 2.88. The van der Waals surface area contributed by atoms with Crippen LogP contribution in [-0.2, 0) is 4.79 Å². The molecule has 1 N–H and O–H groups in total. The molecule has 1 aliphatic rings. The summed E-state index contributed by atoms with van der Waals surface area (Å²) in [6, 6.07) is 16.3. The molecule has 3 aromatic rings. The van der Waals surface area contributed by atoms with Gasteiger partial charge in [-0.2, -0.15) is 0 Å². The van der Waals surface area contributed by atoms with Gasteiger partial charge in [0, 0.05) is 11.9 Å². The van der Waals surface area contributed by atoms with Crippen molar-refractivity contribution in [1.82, 2.24) is 4.98 Å². The van der Waals surface area contributed by atoms with Crippen LogP contribution in [0.1, 0.15) is 21.5 Å². The van der Waals surface area contributed by atoms with E-state index in [0.29, 0.717) is 22.7 Å². The van der Waals surface area contributed by atoms with E-state index < -0.39 is 0 Å². The Hall–Kier alpha value is -3.67. The summed E-state index contributed by atoms with van der Waals surface area (Å²) in [6.07, 6.45) is 1.57. The quantitative estimate of drug-likeness (QED) is 0.751. The number of ether oxygens (including phenoxy) is 1.